The van der Waals surface area contributed by atoms with Crippen LogP contribution in [0.15, 0.2) is 91.0 Å². The molecule has 3 amide bonds. The third-order valence-electron chi connectivity index (χ3n) is 11.1. The second-order valence-corrected chi connectivity index (χ2v) is 19.2. The summed E-state index contributed by atoms with van der Waals surface area (Å²) in [5, 5.41) is 13.7. The summed E-state index contributed by atoms with van der Waals surface area (Å²) < 4.78 is 12.1. The first kappa shape index (κ1) is 36.8. The van der Waals surface area contributed by atoms with Gasteiger partial charge in [-0.15, -0.1) is 0 Å². The van der Waals surface area contributed by atoms with E-state index >= 15 is 0 Å². The molecule has 3 heterocycles. The van der Waals surface area contributed by atoms with Crippen LogP contribution in [0.3, 0.4) is 0 Å². The molecule has 1 spiro atoms. The van der Waals surface area contributed by atoms with Crippen LogP contribution in [-0.4, -0.2) is 66.7 Å². The Labute approximate surface area is 315 Å². The molecule has 7 rings (SSSR count). The minimum atomic E-state index is -3.06. The highest BCUT2D eigenvalue weighted by Crippen LogP contribution is 2.60. The van der Waals surface area contributed by atoms with Gasteiger partial charge in [0, 0.05) is 39.8 Å². The zero-order valence-electron chi connectivity index (χ0n) is 30.2. The number of rotatable bonds is 9. The van der Waals surface area contributed by atoms with Crippen molar-refractivity contribution in [1.82, 2.24) is 4.90 Å². The highest BCUT2D eigenvalue weighted by molar-refractivity contribution is 6.71. The van der Waals surface area contributed by atoms with Crippen LogP contribution in [0.2, 0.25) is 23.7 Å². The van der Waals surface area contributed by atoms with Gasteiger partial charge in [0.25, 0.3) is 11.8 Å². The quantitative estimate of drug-likeness (QED) is 0.172. The number of nitrogens with zero attached hydrogens (tertiary/aromatic N) is 2. The maximum atomic E-state index is 14.9. The van der Waals surface area contributed by atoms with E-state index in [0.717, 1.165) is 16.7 Å². The average molecular weight is 754 g/mol. The highest BCUT2D eigenvalue weighted by Gasteiger charge is 2.66. The number of benzene rings is 4. The van der Waals surface area contributed by atoms with Gasteiger partial charge in [0.2, 0.25) is 5.91 Å². The number of hydrogen-bond acceptors (Lipinski definition) is 7. The Morgan fingerprint density at radius 1 is 1.02 bits per heavy atom. The summed E-state index contributed by atoms with van der Waals surface area (Å²) in [6.45, 7) is 5.93. The number of anilines is 2. The van der Waals surface area contributed by atoms with Gasteiger partial charge in [-0.3, -0.25) is 14.4 Å². The molecular formula is C41H44ClN3O7Si. The molecule has 3 aliphatic heterocycles. The first-order chi connectivity index (χ1) is 25.3. The standard InChI is InChI=1S/C41H44ClN3O7Si/c1-25-38(53(3,4)50)36(21-37(47)44-23-29-10-6-5-9-28(29)19-32(44)24-46)52-41(25)34-20-30(42)14-17-35(34)45(40(41)49)22-26-8-7-11-31(18-26)43-39(48)27-12-15-33(51-2)16-13-27/h5-18,20,25,32,36,38,46,50H,19,21-24H2,1-4H3,(H,43,48)/t25-,32+,36+,38-,41+/m1/s1. The van der Waals surface area contributed by atoms with Gasteiger partial charge < -0.3 is 34.5 Å². The number of amides is 3. The molecule has 3 aliphatic rings. The van der Waals surface area contributed by atoms with E-state index < -0.39 is 31.5 Å². The number of aliphatic hydroxyl groups is 1. The first-order valence-corrected chi connectivity index (χ1v) is 21.3. The fraction of sp³-hybridized carbons (Fsp3) is 0.341. The molecule has 0 radical (unpaired) electrons. The summed E-state index contributed by atoms with van der Waals surface area (Å²) >= 11 is 6.59. The smallest absolute Gasteiger partial charge is 0.264 e. The number of carbonyl (C=O) groups excluding carboxylic acids is 3. The summed E-state index contributed by atoms with van der Waals surface area (Å²) in [5.41, 5.74) is 3.23. The third kappa shape index (κ3) is 6.76. The fourth-order valence-electron chi connectivity index (χ4n) is 8.61. The Morgan fingerprint density at radius 2 is 1.75 bits per heavy atom. The maximum Gasteiger partial charge on any atom is 0.264 e. The van der Waals surface area contributed by atoms with Gasteiger partial charge in [-0.05, 0) is 90.8 Å². The van der Waals surface area contributed by atoms with Crippen molar-refractivity contribution < 1.29 is 33.8 Å². The van der Waals surface area contributed by atoms with E-state index in [-0.39, 0.29) is 43.3 Å². The highest BCUT2D eigenvalue weighted by atomic mass is 35.5. The number of ether oxygens (including phenoxy) is 2. The van der Waals surface area contributed by atoms with Crippen LogP contribution in [0.5, 0.6) is 5.75 Å². The molecule has 276 valence electrons. The number of nitrogens with one attached hydrogen (secondary N) is 1. The SMILES string of the molecule is COc1ccc(C(=O)Nc2cccc(CN3C(=O)[C@@]4(O[C@@H](CC(=O)N5Cc6ccccc6C[C@H]5CO)[C@H]([Si](C)(C)O)[C@H]4C)c4cc(Cl)ccc43)c2)cc1. The van der Waals surface area contributed by atoms with Crippen LogP contribution in [0.4, 0.5) is 11.4 Å². The Kier molecular flexibility index (Phi) is 9.98. The predicted molar refractivity (Wildman–Crippen MR) is 205 cm³/mol. The summed E-state index contributed by atoms with van der Waals surface area (Å²) in [7, 11) is -1.49. The van der Waals surface area contributed by atoms with Crippen LogP contribution >= 0.6 is 11.6 Å². The van der Waals surface area contributed by atoms with Crippen molar-refractivity contribution in [3.05, 3.63) is 124 Å². The molecule has 0 bridgehead atoms. The molecule has 4 aromatic rings. The fourth-order valence-corrected chi connectivity index (χ4v) is 11.3. The zero-order valence-corrected chi connectivity index (χ0v) is 32.0. The van der Waals surface area contributed by atoms with Crippen molar-refractivity contribution in [3.8, 4) is 5.75 Å². The number of halogens is 1. The maximum absolute atomic E-state index is 14.9. The van der Waals surface area contributed by atoms with Gasteiger partial charge >= 0.3 is 0 Å². The first-order valence-electron chi connectivity index (χ1n) is 17.9. The molecule has 0 aliphatic carbocycles. The Morgan fingerprint density at radius 3 is 2.45 bits per heavy atom. The van der Waals surface area contributed by atoms with E-state index in [4.69, 9.17) is 21.1 Å². The van der Waals surface area contributed by atoms with Crippen LogP contribution < -0.4 is 15.0 Å². The molecule has 3 N–H and O–H groups in total. The lowest BCUT2D eigenvalue weighted by atomic mass is 9.82. The van der Waals surface area contributed by atoms with Crippen molar-refractivity contribution in [3.63, 3.8) is 0 Å². The number of fused-ring (bicyclic) bond motifs is 3. The van der Waals surface area contributed by atoms with Gasteiger partial charge in [-0.2, -0.15) is 0 Å². The predicted octanol–water partition coefficient (Wildman–Crippen LogP) is 6.28. The molecule has 4 aromatic carbocycles. The number of hydrogen-bond donors (Lipinski definition) is 3. The van der Waals surface area contributed by atoms with Gasteiger partial charge in [0.05, 0.1) is 44.5 Å². The molecule has 12 heteroatoms. The van der Waals surface area contributed by atoms with Gasteiger partial charge in [0.15, 0.2) is 13.9 Å². The molecule has 1 fully saturated rings. The minimum absolute atomic E-state index is 0.0501. The van der Waals surface area contributed by atoms with Crippen LogP contribution in [-0.2, 0) is 39.4 Å². The summed E-state index contributed by atoms with van der Waals surface area (Å²) in [4.78, 5) is 57.2. The van der Waals surface area contributed by atoms with Crippen LogP contribution in [0.25, 0.3) is 0 Å². The average Bonchev–Trinajstić information content (AvgIpc) is 3.56. The molecule has 5 atom stereocenters. The Hall–Kier alpha value is -4.52. The van der Waals surface area contributed by atoms with Gasteiger partial charge in [0.1, 0.15) is 5.75 Å². The number of aliphatic hydroxyl groups excluding tert-OH is 1. The Balaban J connectivity index is 1.17. The minimum Gasteiger partial charge on any atom is -0.497 e. The number of methoxy groups -OCH3 is 1. The van der Waals surface area contributed by atoms with Crippen molar-refractivity contribution >= 4 is 49.0 Å². The number of carbonyl (C=O) groups is 3. The molecule has 0 saturated carbocycles. The molecule has 1 saturated heterocycles. The lowest BCUT2D eigenvalue weighted by Crippen LogP contribution is -2.48. The lowest BCUT2D eigenvalue weighted by Gasteiger charge is -2.37. The van der Waals surface area contributed by atoms with Crippen molar-refractivity contribution in [2.45, 2.75) is 69.2 Å². The van der Waals surface area contributed by atoms with Gasteiger partial charge in [-0.1, -0.05) is 54.9 Å². The second-order valence-electron chi connectivity index (χ2n) is 14.8. The third-order valence-corrected chi connectivity index (χ3v) is 13.8. The zero-order chi connectivity index (χ0) is 37.7. The van der Waals surface area contributed by atoms with Crippen LogP contribution in [0, 0.1) is 5.92 Å². The lowest BCUT2D eigenvalue weighted by molar-refractivity contribution is -0.151. The normalized spacial score (nSPS) is 23.6. The summed E-state index contributed by atoms with van der Waals surface area (Å²) in [6.07, 6.45) is -0.265. The van der Waals surface area contributed by atoms with E-state index in [1.165, 1.54) is 0 Å². The molecule has 10 nitrogen and oxygen atoms in total. The van der Waals surface area contributed by atoms with E-state index in [1.54, 1.807) is 59.4 Å². The van der Waals surface area contributed by atoms with Crippen molar-refractivity contribution in [1.29, 1.82) is 0 Å². The largest absolute Gasteiger partial charge is 0.497 e. The molecule has 0 aromatic heterocycles. The summed E-state index contributed by atoms with van der Waals surface area (Å²) in [5.74, 6) is -0.619. The second kappa shape index (κ2) is 14.4. The Bertz CT molecular complexity index is 2050. The van der Waals surface area contributed by atoms with Crippen molar-refractivity contribution in [2.24, 2.45) is 5.92 Å². The van der Waals surface area contributed by atoms with E-state index in [1.807, 2.05) is 68.5 Å². The van der Waals surface area contributed by atoms with E-state index in [2.05, 4.69) is 5.32 Å². The molecule has 53 heavy (non-hydrogen) atoms. The van der Waals surface area contributed by atoms with E-state index in [0.29, 0.717) is 46.2 Å². The van der Waals surface area contributed by atoms with Crippen LogP contribution in [0.1, 0.15) is 46.0 Å². The molecular weight excluding hydrogens is 710 g/mol. The van der Waals surface area contributed by atoms with E-state index in [9.17, 15) is 24.3 Å². The monoisotopic (exact) mass is 753 g/mol. The summed E-state index contributed by atoms with van der Waals surface area (Å²) in [6, 6.07) is 27.0. The van der Waals surface area contributed by atoms with Crippen molar-refractivity contribution in [2.75, 3.05) is 23.9 Å². The molecule has 0 unspecified atom stereocenters. The van der Waals surface area contributed by atoms with Gasteiger partial charge in [-0.25, -0.2) is 0 Å². The topological polar surface area (TPSA) is 129 Å².